The summed E-state index contributed by atoms with van der Waals surface area (Å²) in [6.45, 7) is -0.813. The van der Waals surface area contributed by atoms with E-state index in [-0.39, 0.29) is 22.0 Å². The maximum absolute atomic E-state index is 13.9. The minimum Gasteiger partial charge on any atom is -0.497 e. The highest BCUT2D eigenvalue weighted by molar-refractivity contribution is 7.93. The molecule has 0 aliphatic heterocycles. The predicted octanol–water partition coefficient (Wildman–Crippen LogP) is 4.25. The average Bonchev–Trinajstić information content (AvgIpc) is 3.00. The zero-order valence-electron chi connectivity index (χ0n) is 22.8. The van der Waals surface area contributed by atoms with Gasteiger partial charge in [-0.1, -0.05) is 30.3 Å². The average molecular weight is 627 g/mol. The summed E-state index contributed by atoms with van der Waals surface area (Å²) < 4.78 is 66.8. The molecule has 4 aromatic carbocycles. The van der Waals surface area contributed by atoms with Gasteiger partial charge in [0.1, 0.15) is 18.0 Å². The minimum absolute atomic E-state index is 0.0229. The van der Waals surface area contributed by atoms with E-state index in [9.17, 15) is 31.7 Å². The van der Waals surface area contributed by atoms with Crippen LogP contribution in [0.15, 0.2) is 107 Å². The largest absolute Gasteiger partial charge is 0.497 e. The van der Waals surface area contributed by atoms with Gasteiger partial charge in [0.15, 0.2) is 4.90 Å². The number of rotatable bonds is 12. The quantitative estimate of drug-likeness (QED) is 0.172. The molecule has 4 rings (SSSR count). The van der Waals surface area contributed by atoms with Crippen LogP contribution >= 0.6 is 0 Å². The van der Waals surface area contributed by atoms with E-state index in [1.807, 2.05) is 0 Å². The highest BCUT2D eigenvalue weighted by Gasteiger charge is 2.34. The van der Waals surface area contributed by atoms with Crippen molar-refractivity contribution in [3.63, 3.8) is 0 Å². The van der Waals surface area contributed by atoms with Gasteiger partial charge in [0.2, 0.25) is 5.91 Å². The number of benzene rings is 4. The van der Waals surface area contributed by atoms with Crippen LogP contribution in [-0.2, 0) is 24.8 Å². The molecular weight excluding hydrogens is 600 g/mol. The summed E-state index contributed by atoms with van der Waals surface area (Å²) in [5, 5.41) is 14.2. The summed E-state index contributed by atoms with van der Waals surface area (Å²) in [6, 6.07) is 22.4. The smallest absolute Gasteiger partial charge is 0.289 e. The van der Waals surface area contributed by atoms with Crippen LogP contribution in [0.4, 0.5) is 22.7 Å². The molecule has 224 valence electrons. The van der Waals surface area contributed by atoms with E-state index >= 15 is 0 Å². The first-order chi connectivity index (χ1) is 20.5. The monoisotopic (exact) mass is 626 g/mol. The number of amides is 1. The fourth-order valence-electron chi connectivity index (χ4n) is 4.00. The molecule has 13 nitrogen and oxygen atoms in total. The zero-order chi connectivity index (χ0) is 31.2. The number of nitrogens with one attached hydrogen (secondary N) is 2. The maximum Gasteiger partial charge on any atom is 0.289 e. The van der Waals surface area contributed by atoms with Crippen molar-refractivity contribution in [1.82, 2.24) is 0 Å². The number of nitro benzene ring substituents is 1. The van der Waals surface area contributed by atoms with E-state index in [2.05, 4.69) is 10.0 Å². The molecule has 1 amide bonds. The molecule has 0 unspecified atom stereocenters. The Bertz CT molecular complexity index is 1850. The van der Waals surface area contributed by atoms with Gasteiger partial charge in [-0.2, -0.15) is 0 Å². The summed E-state index contributed by atoms with van der Waals surface area (Å²) in [5.74, 6) is -0.460. The van der Waals surface area contributed by atoms with Crippen molar-refractivity contribution in [2.75, 3.05) is 35.1 Å². The first-order valence-electron chi connectivity index (χ1n) is 12.4. The number of nitrogens with zero attached hydrogens (tertiary/aromatic N) is 2. The van der Waals surface area contributed by atoms with Gasteiger partial charge in [-0.3, -0.25) is 23.9 Å². The van der Waals surface area contributed by atoms with Gasteiger partial charge >= 0.3 is 0 Å². The number of nitro groups is 1. The van der Waals surface area contributed by atoms with Gasteiger partial charge < -0.3 is 14.8 Å². The standard InChI is InChI=1S/C28H26N4O9S2/c1-40-22-14-17-24(26(18-22)41-2)31(43(38,39)27-11-7-6-10-25(27)32(34)35)19-28(33)29-20-12-15-23(16-13-20)42(36,37)30-21-8-4-3-5-9-21/h3-18,30H,19H2,1-2H3,(H,29,33). The molecular formula is C28H26N4O9S2. The maximum atomic E-state index is 13.9. The van der Waals surface area contributed by atoms with E-state index < -0.39 is 48.0 Å². The van der Waals surface area contributed by atoms with Gasteiger partial charge in [-0.25, -0.2) is 16.8 Å². The lowest BCUT2D eigenvalue weighted by atomic mass is 10.2. The first kappa shape index (κ1) is 30.8. The molecule has 2 N–H and O–H groups in total. The minimum atomic E-state index is -4.70. The molecule has 0 radical (unpaired) electrons. The van der Waals surface area contributed by atoms with Gasteiger partial charge in [0, 0.05) is 23.5 Å². The number of carbonyl (C=O) groups excluding carboxylic acids is 1. The predicted molar refractivity (Wildman–Crippen MR) is 159 cm³/mol. The molecule has 0 aliphatic rings. The molecule has 0 aromatic heterocycles. The van der Waals surface area contributed by atoms with Crippen LogP contribution in [0, 0.1) is 10.1 Å². The fourth-order valence-corrected chi connectivity index (χ4v) is 6.65. The molecule has 0 saturated heterocycles. The summed E-state index contributed by atoms with van der Waals surface area (Å²) in [6.07, 6.45) is 0. The molecule has 0 bridgehead atoms. The van der Waals surface area contributed by atoms with Crippen LogP contribution in [0.25, 0.3) is 0 Å². The molecule has 43 heavy (non-hydrogen) atoms. The van der Waals surface area contributed by atoms with Crippen molar-refractivity contribution in [3.8, 4) is 11.5 Å². The van der Waals surface area contributed by atoms with Crippen LogP contribution in [0.3, 0.4) is 0 Å². The second kappa shape index (κ2) is 12.8. The van der Waals surface area contributed by atoms with Crippen molar-refractivity contribution in [1.29, 1.82) is 0 Å². The van der Waals surface area contributed by atoms with E-state index in [0.717, 1.165) is 12.1 Å². The molecule has 0 fully saturated rings. The SMILES string of the molecule is COc1ccc(N(CC(=O)Nc2ccc(S(=O)(=O)Nc3ccccc3)cc2)S(=O)(=O)c2ccccc2[N+](=O)[O-])c(OC)c1. The first-order valence-corrected chi connectivity index (χ1v) is 15.3. The lowest BCUT2D eigenvalue weighted by Crippen LogP contribution is -2.38. The fraction of sp³-hybridized carbons (Fsp3) is 0.107. The van der Waals surface area contributed by atoms with Crippen LogP contribution in [-0.4, -0.2) is 48.4 Å². The Balaban J connectivity index is 1.64. The number of hydrogen-bond donors (Lipinski definition) is 2. The van der Waals surface area contributed by atoms with Gasteiger partial charge in [0.25, 0.3) is 25.7 Å². The Hall–Kier alpha value is -5.15. The molecule has 0 atom stereocenters. The third-order valence-electron chi connectivity index (χ3n) is 6.05. The highest BCUT2D eigenvalue weighted by atomic mass is 32.2. The summed E-state index contributed by atoms with van der Waals surface area (Å²) in [7, 11) is -5.93. The number of anilines is 3. The molecule has 0 heterocycles. The number of hydrogen-bond acceptors (Lipinski definition) is 9. The zero-order valence-corrected chi connectivity index (χ0v) is 24.5. The van der Waals surface area contributed by atoms with Crippen LogP contribution < -0.4 is 23.8 Å². The van der Waals surface area contributed by atoms with E-state index in [1.54, 1.807) is 30.3 Å². The van der Waals surface area contributed by atoms with Crippen LogP contribution in [0.5, 0.6) is 11.5 Å². The Morgan fingerprint density at radius 1 is 0.837 bits per heavy atom. The number of sulfonamides is 2. The second-order valence-electron chi connectivity index (χ2n) is 8.82. The van der Waals surface area contributed by atoms with Gasteiger partial charge in [0.05, 0.1) is 29.7 Å². The molecule has 0 aliphatic carbocycles. The Kier molecular flexibility index (Phi) is 9.16. The number of ether oxygens (including phenoxy) is 2. The Labute approximate surface area is 247 Å². The number of carbonyl (C=O) groups is 1. The Morgan fingerprint density at radius 2 is 1.49 bits per heavy atom. The third kappa shape index (κ3) is 7.02. The summed E-state index contributed by atoms with van der Waals surface area (Å²) in [4.78, 5) is 23.3. The van der Waals surface area contributed by atoms with Gasteiger partial charge in [-0.15, -0.1) is 0 Å². The highest BCUT2D eigenvalue weighted by Crippen LogP contribution is 2.37. The lowest BCUT2D eigenvalue weighted by molar-refractivity contribution is -0.387. The van der Waals surface area contributed by atoms with Crippen molar-refractivity contribution in [2.45, 2.75) is 9.79 Å². The van der Waals surface area contributed by atoms with Crippen molar-refractivity contribution < 1.29 is 36.0 Å². The summed E-state index contributed by atoms with van der Waals surface area (Å²) in [5.41, 5.74) is -0.214. The second-order valence-corrected chi connectivity index (χ2v) is 12.3. The van der Waals surface area contributed by atoms with Crippen molar-refractivity contribution >= 4 is 48.7 Å². The number of para-hydroxylation sites is 2. The third-order valence-corrected chi connectivity index (χ3v) is 9.25. The summed E-state index contributed by atoms with van der Waals surface area (Å²) >= 11 is 0. The Morgan fingerprint density at radius 3 is 2.12 bits per heavy atom. The van der Waals surface area contributed by atoms with Crippen LogP contribution in [0.2, 0.25) is 0 Å². The van der Waals surface area contributed by atoms with E-state index in [0.29, 0.717) is 15.7 Å². The molecule has 15 heteroatoms. The van der Waals surface area contributed by atoms with Gasteiger partial charge in [-0.05, 0) is 54.6 Å². The van der Waals surface area contributed by atoms with Crippen molar-refractivity contribution in [2.24, 2.45) is 0 Å². The molecule has 4 aromatic rings. The lowest BCUT2D eigenvalue weighted by Gasteiger charge is -2.25. The van der Waals surface area contributed by atoms with Crippen molar-refractivity contribution in [3.05, 3.63) is 107 Å². The topological polar surface area (TPSA) is 174 Å². The van der Waals surface area contributed by atoms with Crippen LogP contribution in [0.1, 0.15) is 0 Å². The van der Waals surface area contributed by atoms with E-state index in [4.69, 9.17) is 9.47 Å². The number of methoxy groups -OCH3 is 2. The molecule has 0 saturated carbocycles. The molecule has 0 spiro atoms. The van der Waals surface area contributed by atoms with E-state index in [1.165, 1.54) is 68.8 Å². The normalized spacial score (nSPS) is 11.3.